The molecule has 2 heterocycles. The summed E-state index contributed by atoms with van der Waals surface area (Å²) in [6.07, 6.45) is 2.65. The van der Waals surface area contributed by atoms with Crippen molar-refractivity contribution in [2.75, 3.05) is 39.3 Å². The third kappa shape index (κ3) is 7.96. The van der Waals surface area contributed by atoms with Gasteiger partial charge in [0.2, 0.25) is 0 Å². The molecule has 0 bridgehead atoms. The standard InChI is InChI=1S/C24H33N3.C2H2O4/c1-21-7-5-6-10-23(21)20-26-15-17-27(18-16-26)24-11-13-25(14-12-24)19-22-8-3-2-4-9-22;3-1(4)2(5)6/h2-10,24H,11-20H2,1H3;(H,3,4)(H,5,6). The third-order valence-corrected chi connectivity index (χ3v) is 6.57. The second kappa shape index (κ2) is 12.5. The first-order chi connectivity index (χ1) is 15.9. The van der Waals surface area contributed by atoms with E-state index in [0.29, 0.717) is 0 Å². The fourth-order valence-corrected chi connectivity index (χ4v) is 4.60. The summed E-state index contributed by atoms with van der Waals surface area (Å²) in [4.78, 5) is 26.2. The number of benzene rings is 2. The normalized spacial score (nSPS) is 18.3. The number of rotatable bonds is 5. The van der Waals surface area contributed by atoms with Crippen molar-refractivity contribution in [2.24, 2.45) is 0 Å². The molecule has 2 aromatic rings. The van der Waals surface area contributed by atoms with E-state index >= 15 is 0 Å². The van der Waals surface area contributed by atoms with Crippen molar-refractivity contribution in [2.45, 2.75) is 38.9 Å². The number of piperidine rings is 1. The van der Waals surface area contributed by atoms with E-state index in [0.717, 1.165) is 19.1 Å². The molecule has 0 amide bonds. The van der Waals surface area contributed by atoms with E-state index in [-0.39, 0.29) is 0 Å². The first-order valence-corrected chi connectivity index (χ1v) is 11.7. The van der Waals surface area contributed by atoms with Crippen molar-refractivity contribution in [3.8, 4) is 0 Å². The Morgan fingerprint density at radius 3 is 1.88 bits per heavy atom. The number of carbonyl (C=O) groups is 2. The second-order valence-corrected chi connectivity index (χ2v) is 8.84. The fraction of sp³-hybridized carbons (Fsp3) is 0.462. The van der Waals surface area contributed by atoms with Crippen molar-refractivity contribution in [1.82, 2.24) is 14.7 Å². The minimum absolute atomic E-state index is 0.789. The molecule has 0 unspecified atom stereocenters. The molecule has 2 fully saturated rings. The van der Waals surface area contributed by atoms with Gasteiger partial charge < -0.3 is 10.2 Å². The van der Waals surface area contributed by atoms with Crippen LogP contribution in [-0.2, 0) is 22.7 Å². The van der Waals surface area contributed by atoms with Gasteiger partial charge in [-0.15, -0.1) is 0 Å². The number of hydrogen-bond donors (Lipinski definition) is 2. The molecule has 0 atom stereocenters. The molecule has 7 nitrogen and oxygen atoms in total. The quantitative estimate of drug-likeness (QED) is 0.674. The van der Waals surface area contributed by atoms with Gasteiger partial charge in [0.1, 0.15) is 0 Å². The molecule has 4 rings (SSSR count). The van der Waals surface area contributed by atoms with Crippen molar-refractivity contribution in [3.05, 3.63) is 71.3 Å². The molecule has 2 saturated heterocycles. The molecular formula is C26H35N3O4. The lowest BCUT2D eigenvalue weighted by Crippen LogP contribution is -2.52. The molecule has 7 heteroatoms. The molecule has 2 aliphatic rings. The number of hydrogen-bond acceptors (Lipinski definition) is 5. The Bertz CT molecular complexity index is 877. The van der Waals surface area contributed by atoms with E-state index < -0.39 is 11.9 Å². The summed E-state index contributed by atoms with van der Waals surface area (Å²) in [5.41, 5.74) is 4.35. The minimum Gasteiger partial charge on any atom is -0.473 e. The van der Waals surface area contributed by atoms with Crippen LogP contribution in [0, 0.1) is 6.92 Å². The van der Waals surface area contributed by atoms with Gasteiger partial charge in [-0.2, -0.15) is 0 Å². The lowest BCUT2D eigenvalue weighted by Gasteiger charge is -2.43. The van der Waals surface area contributed by atoms with E-state index in [1.807, 2.05) is 0 Å². The Kier molecular flexibility index (Phi) is 9.42. The van der Waals surface area contributed by atoms with Crippen LogP contribution in [0.25, 0.3) is 0 Å². The summed E-state index contributed by atoms with van der Waals surface area (Å²) in [5, 5.41) is 14.8. The van der Waals surface area contributed by atoms with Gasteiger partial charge in [-0.3, -0.25) is 14.7 Å². The Morgan fingerprint density at radius 2 is 1.30 bits per heavy atom. The van der Waals surface area contributed by atoms with Gasteiger partial charge in [0.15, 0.2) is 0 Å². The molecule has 33 heavy (non-hydrogen) atoms. The predicted octanol–water partition coefficient (Wildman–Crippen LogP) is 2.93. The molecule has 0 aromatic heterocycles. The second-order valence-electron chi connectivity index (χ2n) is 8.84. The average Bonchev–Trinajstić information content (AvgIpc) is 2.83. The van der Waals surface area contributed by atoms with Gasteiger partial charge >= 0.3 is 11.9 Å². The Morgan fingerprint density at radius 1 is 0.758 bits per heavy atom. The van der Waals surface area contributed by atoms with Crippen LogP contribution < -0.4 is 0 Å². The molecule has 2 aromatic carbocycles. The lowest BCUT2D eigenvalue weighted by molar-refractivity contribution is -0.159. The van der Waals surface area contributed by atoms with Crippen molar-refractivity contribution in [3.63, 3.8) is 0 Å². The zero-order valence-corrected chi connectivity index (χ0v) is 19.4. The van der Waals surface area contributed by atoms with E-state index in [1.165, 1.54) is 68.8 Å². The summed E-state index contributed by atoms with van der Waals surface area (Å²) >= 11 is 0. The van der Waals surface area contributed by atoms with Crippen molar-refractivity contribution in [1.29, 1.82) is 0 Å². The lowest BCUT2D eigenvalue weighted by atomic mass is 10.0. The Hall–Kier alpha value is -2.74. The highest BCUT2D eigenvalue weighted by Crippen LogP contribution is 2.21. The summed E-state index contributed by atoms with van der Waals surface area (Å²) in [6.45, 7) is 11.8. The topological polar surface area (TPSA) is 84.3 Å². The number of aliphatic carboxylic acids is 2. The number of piperazine rings is 1. The highest BCUT2D eigenvalue weighted by atomic mass is 16.4. The van der Waals surface area contributed by atoms with Crippen LogP contribution in [-0.4, -0.2) is 82.2 Å². The largest absolute Gasteiger partial charge is 0.473 e. The van der Waals surface area contributed by atoms with Gasteiger partial charge in [0.25, 0.3) is 0 Å². The highest BCUT2D eigenvalue weighted by Gasteiger charge is 2.27. The van der Waals surface area contributed by atoms with E-state index in [2.05, 4.69) is 76.2 Å². The number of likely N-dealkylation sites (tertiary alicyclic amines) is 1. The molecule has 0 aliphatic carbocycles. The smallest absolute Gasteiger partial charge is 0.414 e. The third-order valence-electron chi connectivity index (χ3n) is 6.57. The first-order valence-electron chi connectivity index (χ1n) is 11.7. The van der Waals surface area contributed by atoms with Crippen LogP contribution in [0.3, 0.4) is 0 Å². The van der Waals surface area contributed by atoms with Crippen molar-refractivity contribution < 1.29 is 19.8 Å². The highest BCUT2D eigenvalue weighted by molar-refractivity contribution is 6.27. The van der Waals surface area contributed by atoms with Crippen LogP contribution in [0.1, 0.15) is 29.5 Å². The average molecular weight is 454 g/mol. The summed E-state index contributed by atoms with van der Waals surface area (Å²) in [6, 6.07) is 20.5. The molecular weight excluding hydrogens is 418 g/mol. The van der Waals surface area contributed by atoms with Crippen LogP contribution >= 0.6 is 0 Å². The number of aryl methyl sites for hydroxylation is 1. The van der Waals surface area contributed by atoms with Gasteiger partial charge in [-0.25, -0.2) is 9.59 Å². The van der Waals surface area contributed by atoms with Crippen LogP contribution in [0.5, 0.6) is 0 Å². The monoisotopic (exact) mass is 453 g/mol. The Balaban J connectivity index is 0.000000454. The molecule has 0 radical (unpaired) electrons. The van der Waals surface area contributed by atoms with Crippen LogP contribution in [0.2, 0.25) is 0 Å². The maximum absolute atomic E-state index is 9.10. The number of nitrogens with zero attached hydrogens (tertiary/aromatic N) is 3. The maximum atomic E-state index is 9.10. The molecule has 178 valence electrons. The van der Waals surface area contributed by atoms with E-state index in [9.17, 15) is 0 Å². The van der Waals surface area contributed by atoms with Gasteiger partial charge in [0, 0.05) is 45.3 Å². The summed E-state index contributed by atoms with van der Waals surface area (Å²) in [5.74, 6) is -3.65. The SMILES string of the molecule is Cc1ccccc1CN1CCN(C2CCN(Cc3ccccc3)CC2)CC1.O=C(O)C(=O)O. The number of carboxylic acid groups (broad SMARTS) is 2. The first kappa shape index (κ1) is 24.9. The zero-order valence-electron chi connectivity index (χ0n) is 19.4. The van der Waals surface area contributed by atoms with E-state index in [4.69, 9.17) is 19.8 Å². The van der Waals surface area contributed by atoms with Gasteiger partial charge in [-0.05, 0) is 49.5 Å². The predicted molar refractivity (Wildman–Crippen MR) is 128 cm³/mol. The molecule has 2 N–H and O–H groups in total. The van der Waals surface area contributed by atoms with Crippen LogP contribution in [0.15, 0.2) is 54.6 Å². The van der Waals surface area contributed by atoms with Crippen molar-refractivity contribution >= 4 is 11.9 Å². The Labute approximate surface area is 196 Å². The van der Waals surface area contributed by atoms with Crippen LogP contribution in [0.4, 0.5) is 0 Å². The molecule has 2 aliphatic heterocycles. The molecule has 0 saturated carbocycles. The summed E-state index contributed by atoms with van der Waals surface area (Å²) < 4.78 is 0. The minimum atomic E-state index is -1.82. The maximum Gasteiger partial charge on any atom is 0.414 e. The molecule has 0 spiro atoms. The summed E-state index contributed by atoms with van der Waals surface area (Å²) in [7, 11) is 0. The van der Waals surface area contributed by atoms with Gasteiger partial charge in [-0.1, -0.05) is 54.6 Å². The van der Waals surface area contributed by atoms with Gasteiger partial charge in [0.05, 0.1) is 0 Å². The fourth-order valence-electron chi connectivity index (χ4n) is 4.60. The zero-order chi connectivity index (χ0) is 23.6. The van der Waals surface area contributed by atoms with E-state index in [1.54, 1.807) is 0 Å². The number of carboxylic acids is 2.